The van der Waals surface area contributed by atoms with Crippen LogP contribution in [0.4, 0.5) is 0 Å². The van der Waals surface area contributed by atoms with E-state index in [-0.39, 0.29) is 0 Å². The summed E-state index contributed by atoms with van der Waals surface area (Å²) >= 11 is 3.26. The zero-order valence-corrected chi connectivity index (χ0v) is 9.86. The standard InChI is InChI=1S/C12H11BrO2/c1-8-3-2-4-9(7-8)11(14)10-5-6-15-12(10)13/h2-7,11,14H,1H3. The predicted octanol–water partition coefficient (Wildman–Crippen LogP) is 3.43. The van der Waals surface area contributed by atoms with Gasteiger partial charge >= 0.3 is 0 Å². The largest absolute Gasteiger partial charge is 0.457 e. The Bertz CT molecular complexity index is 462. The van der Waals surface area contributed by atoms with Crippen LogP contribution in [0.1, 0.15) is 22.8 Å². The second kappa shape index (κ2) is 4.21. The number of aryl methyl sites for hydroxylation is 1. The summed E-state index contributed by atoms with van der Waals surface area (Å²) in [5.74, 6) is 0. The Balaban J connectivity index is 2.36. The van der Waals surface area contributed by atoms with Crippen LogP contribution < -0.4 is 0 Å². The smallest absolute Gasteiger partial charge is 0.175 e. The molecule has 0 saturated carbocycles. The highest BCUT2D eigenvalue weighted by atomic mass is 79.9. The van der Waals surface area contributed by atoms with Crippen LogP contribution in [0.15, 0.2) is 45.7 Å². The third-order valence-corrected chi connectivity index (χ3v) is 2.94. The van der Waals surface area contributed by atoms with Crippen molar-refractivity contribution in [3.8, 4) is 0 Å². The third-order valence-electron chi connectivity index (χ3n) is 2.30. The molecular weight excluding hydrogens is 256 g/mol. The highest BCUT2D eigenvalue weighted by Crippen LogP contribution is 2.29. The molecule has 0 bridgehead atoms. The van der Waals surface area contributed by atoms with Crippen LogP contribution in [0.3, 0.4) is 0 Å². The lowest BCUT2D eigenvalue weighted by atomic mass is 10.0. The van der Waals surface area contributed by atoms with Gasteiger partial charge in [-0.3, -0.25) is 0 Å². The molecule has 0 aliphatic heterocycles. The monoisotopic (exact) mass is 266 g/mol. The fourth-order valence-electron chi connectivity index (χ4n) is 1.52. The Hall–Kier alpha value is -1.06. The van der Waals surface area contributed by atoms with Gasteiger partial charge in [-0.25, -0.2) is 0 Å². The number of hydrogen-bond acceptors (Lipinski definition) is 2. The molecule has 0 radical (unpaired) electrons. The molecule has 0 amide bonds. The van der Waals surface area contributed by atoms with E-state index in [2.05, 4.69) is 15.9 Å². The zero-order valence-electron chi connectivity index (χ0n) is 8.27. The van der Waals surface area contributed by atoms with E-state index in [0.29, 0.717) is 4.67 Å². The van der Waals surface area contributed by atoms with E-state index < -0.39 is 6.10 Å². The molecule has 0 saturated heterocycles. The average molecular weight is 267 g/mol. The van der Waals surface area contributed by atoms with Crippen molar-refractivity contribution in [3.05, 3.63) is 58.0 Å². The molecule has 0 aliphatic rings. The molecule has 1 aromatic carbocycles. The van der Waals surface area contributed by atoms with Crippen molar-refractivity contribution < 1.29 is 9.52 Å². The van der Waals surface area contributed by atoms with Gasteiger partial charge in [-0.1, -0.05) is 29.8 Å². The van der Waals surface area contributed by atoms with Crippen molar-refractivity contribution in [1.29, 1.82) is 0 Å². The van der Waals surface area contributed by atoms with E-state index in [0.717, 1.165) is 16.7 Å². The quantitative estimate of drug-likeness (QED) is 0.904. The molecule has 0 fully saturated rings. The first kappa shape index (κ1) is 10.5. The van der Waals surface area contributed by atoms with E-state index in [1.54, 1.807) is 12.3 Å². The number of aliphatic hydroxyl groups is 1. The SMILES string of the molecule is Cc1cccc(C(O)c2ccoc2Br)c1. The number of hydrogen-bond donors (Lipinski definition) is 1. The topological polar surface area (TPSA) is 33.4 Å². The molecule has 2 aromatic rings. The molecular formula is C12H11BrO2. The van der Waals surface area contributed by atoms with Gasteiger partial charge in [-0.2, -0.15) is 0 Å². The molecule has 2 nitrogen and oxygen atoms in total. The van der Waals surface area contributed by atoms with Crippen molar-refractivity contribution in [2.45, 2.75) is 13.0 Å². The van der Waals surface area contributed by atoms with E-state index in [9.17, 15) is 5.11 Å². The first-order chi connectivity index (χ1) is 7.18. The lowest BCUT2D eigenvalue weighted by molar-refractivity contribution is 0.218. The van der Waals surface area contributed by atoms with Crippen LogP contribution >= 0.6 is 15.9 Å². The third kappa shape index (κ3) is 2.13. The summed E-state index contributed by atoms with van der Waals surface area (Å²) in [5.41, 5.74) is 2.75. The van der Waals surface area contributed by atoms with Crippen molar-refractivity contribution >= 4 is 15.9 Å². The number of furan rings is 1. The summed E-state index contributed by atoms with van der Waals surface area (Å²) in [5, 5.41) is 10.1. The van der Waals surface area contributed by atoms with Gasteiger partial charge in [0.1, 0.15) is 6.10 Å². The van der Waals surface area contributed by atoms with E-state index in [1.165, 1.54) is 0 Å². The Kier molecular flexibility index (Phi) is 2.93. The van der Waals surface area contributed by atoms with Gasteiger partial charge < -0.3 is 9.52 Å². The second-order valence-corrected chi connectivity index (χ2v) is 4.19. The van der Waals surface area contributed by atoms with E-state index in [1.807, 2.05) is 31.2 Å². The van der Waals surface area contributed by atoms with Crippen LogP contribution in [-0.2, 0) is 0 Å². The number of halogens is 1. The maximum atomic E-state index is 10.1. The summed E-state index contributed by atoms with van der Waals surface area (Å²) < 4.78 is 5.67. The average Bonchev–Trinajstić information content (AvgIpc) is 2.63. The van der Waals surface area contributed by atoms with E-state index in [4.69, 9.17) is 4.42 Å². The van der Waals surface area contributed by atoms with Crippen LogP contribution in [0, 0.1) is 6.92 Å². The molecule has 0 aliphatic carbocycles. The molecule has 3 heteroatoms. The Morgan fingerprint density at radius 3 is 2.73 bits per heavy atom. The van der Waals surface area contributed by atoms with Crippen molar-refractivity contribution in [2.75, 3.05) is 0 Å². The molecule has 2 rings (SSSR count). The minimum absolute atomic E-state index is 0.580. The van der Waals surface area contributed by atoms with E-state index >= 15 is 0 Å². The number of rotatable bonds is 2. The van der Waals surface area contributed by atoms with Crippen LogP contribution in [0.25, 0.3) is 0 Å². The minimum Gasteiger partial charge on any atom is -0.457 e. The Labute approximate surface area is 96.7 Å². The molecule has 0 spiro atoms. The highest BCUT2D eigenvalue weighted by Gasteiger charge is 2.15. The van der Waals surface area contributed by atoms with Gasteiger partial charge in [-0.05, 0) is 34.5 Å². The Morgan fingerprint density at radius 2 is 2.13 bits per heavy atom. The molecule has 1 heterocycles. The fourth-order valence-corrected chi connectivity index (χ4v) is 1.98. The molecule has 15 heavy (non-hydrogen) atoms. The predicted molar refractivity (Wildman–Crippen MR) is 61.6 cm³/mol. The molecule has 1 N–H and O–H groups in total. The van der Waals surface area contributed by atoms with Crippen LogP contribution in [0.5, 0.6) is 0 Å². The molecule has 1 atom stereocenters. The van der Waals surface area contributed by atoms with Crippen molar-refractivity contribution in [2.24, 2.45) is 0 Å². The van der Waals surface area contributed by atoms with Crippen molar-refractivity contribution in [1.82, 2.24) is 0 Å². The summed E-state index contributed by atoms with van der Waals surface area (Å²) in [6.45, 7) is 2.00. The first-order valence-corrected chi connectivity index (χ1v) is 5.45. The van der Waals surface area contributed by atoms with Gasteiger partial charge in [0.25, 0.3) is 0 Å². The second-order valence-electron chi connectivity index (χ2n) is 3.47. The van der Waals surface area contributed by atoms with Gasteiger partial charge in [0.2, 0.25) is 0 Å². The van der Waals surface area contributed by atoms with Gasteiger partial charge in [0.15, 0.2) is 4.67 Å². The summed E-state index contributed by atoms with van der Waals surface area (Å²) in [7, 11) is 0. The number of aliphatic hydroxyl groups excluding tert-OH is 1. The number of benzene rings is 1. The van der Waals surface area contributed by atoms with Gasteiger partial charge in [-0.15, -0.1) is 0 Å². The van der Waals surface area contributed by atoms with Crippen LogP contribution in [-0.4, -0.2) is 5.11 Å². The molecule has 1 aromatic heterocycles. The molecule has 1 unspecified atom stereocenters. The highest BCUT2D eigenvalue weighted by molar-refractivity contribution is 9.10. The molecule has 78 valence electrons. The normalized spacial score (nSPS) is 12.7. The fraction of sp³-hybridized carbons (Fsp3) is 0.167. The van der Waals surface area contributed by atoms with Gasteiger partial charge in [0.05, 0.1) is 6.26 Å². The first-order valence-electron chi connectivity index (χ1n) is 4.66. The summed E-state index contributed by atoms with van der Waals surface area (Å²) in [4.78, 5) is 0. The Morgan fingerprint density at radius 1 is 1.33 bits per heavy atom. The summed E-state index contributed by atoms with van der Waals surface area (Å²) in [6.07, 6.45) is 0.913. The lowest BCUT2D eigenvalue weighted by Crippen LogP contribution is -1.98. The summed E-state index contributed by atoms with van der Waals surface area (Å²) in [6, 6.07) is 9.56. The maximum absolute atomic E-state index is 10.1. The lowest BCUT2D eigenvalue weighted by Gasteiger charge is -2.09. The van der Waals surface area contributed by atoms with Crippen LogP contribution in [0.2, 0.25) is 0 Å². The van der Waals surface area contributed by atoms with Gasteiger partial charge in [0, 0.05) is 5.56 Å². The zero-order chi connectivity index (χ0) is 10.8. The van der Waals surface area contributed by atoms with Crippen molar-refractivity contribution in [3.63, 3.8) is 0 Å². The minimum atomic E-state index is -0.641. The maximum Gasteiger partial charge on any atom is 0.175 e.